The first-order chi connectivity index (χ1) is 13.8. The Kier molecular flexibility index (Phi) is 6.67. The van der Waals surface area contributed by atoms with E-state index in [1.165, 1.54) is 22.5 Å². The van der Waals surface area contributed by atoms with E-state index in [1.54, 1.807) is 24.3 Å². The molecule has 0 unspecified atom stereocenters. The second-order valence-electron chi connectivity index (χ2n) is 6.82. The van der Waals surface area contributed by atoms with Crippen molar-refractivity contribution < 1.29 is 9.59 Å². The van der Waals surface area contributed by atoms with Gasteiger partial charge >= 0.3 is 0 Å². The smallest absolute Gasteiger partial charge is 0.252 e. The van der Waals surface area contributed by atoms with Crippen LogP contribution in [0.1, 0.15) is 33.5 Å². The molecule has 7 heteroatoms. The number of carbonyl (C=O) groups is 2. The van der Waals surface area contributed by atoms with Crippen LogP contribution >= 0.6 is 22.9 Å². The van der Waals surface area contributed by atoms with Crippen LogP contribution in [0.5, 0.6) is 0 Å². The van der Waals surface area contributed by atoms with E-state index in [4.69, 9.17) is 11.6 Å². The molecule has 3 aromatic rings. The molecule has 0 saturated heterocycles. The van der Waals surface area contributed by atoms with Gasteiger partial charge in [-0.25, -0.2) is 4.98 Å². The van der Waals surface area contributed by atoms with Gasteiger partial charge in [-0.1, -0.05) is 29.8 Å². The lowest BCUT2D eigenvalue weighted by atomic mass is 9.99. The minimum absolute atomic E-state index is 0.147. The third-order valence-corrected chi connectivity index (χ3v) is 5.71. The van der Waals surface area contributed by atoms with Gasteiger partial charge in [0.05, 0.1) is 16.3 Å². The summed E-state index contributed by atoms with van der Waals surface area (Å²) in [5.41, 5.74) is 5.91. The van der Waals surface area contributed by atoms with Crippen LogP contribution < -0.4 is 10.6 Å². The van der Waals surface area contributed by atoms with Crippen LogP contribution in [-0.2, 0) is 4.79 Å². The number of rotatable bonds is 6. The molecule has 2 aromatic carbocycles. The number of halogens is 1. The molecule has 3 rings (SSSR count). The molecule has 2 N–H and O–H groups in total. The number of thiazole rings is 1. The van der Waals surface area contributed by atoms with Gasteiger partial charge in [0.1, 0.15) is 0 Å². The second kappa shape index (κ2) is 9.20. The molecule has 0 aliphatic rings. The van der Waals surface area contributed by atoms with Crippen molar-refractivity contribution in [3.63, 3.8) is 0 Å². The van der Waals surface area contributed by atoms with Crippen LogP contribution in [0.2, 0.25) is 5.02 Å². The van der Waals surface area contributed by atoms with Crippen LogP contribution in [0, 0.1) is 20.8 Å². The Morgan fingerprint density at radius 1 is 1.07 bits per heavy atom. The Morgan fingerprint density at radius 2 is 1.79 bits per heavy atom. The van der Waals surface area contributed by atoms with Crippen molar-refractivity contribution in [1.82, 2.24) is 10.3 Å². The van der Waals surface area contributed by atoms with Gasteiger partial charge in [-0.3, -0.25) is 9.59 Å². The van der Waals surface area contributed by atoms with Crippen molar-refractivity contribution in [1.29, 1.82) is 0 Å². The number of benzene rings is 2. The first-order valence-corrected chi connectivity index (χ1v) is 10.5. The topological polar surface area (TPSA) is 71.1 Å². The van der Waals surface area contributed by atoms with Crippen LogP contribution in [0.4, 0.5) is 5.13 Å². The standard InChI is InChI=1S/C22H22ClN3O2S/c1-13-10-15(3)17(11-14(13)2)19-12-29-22(25-19)26-20(27)8-9-24-21(28)16-6-4-5-7-18(16)23/h4-7,10-12H,8-9H2,1-3H3,(H,24,28)(H,25,26,27). The zero-order valence-corrected chi connectivity index (χ0v) is 18.1. The summed E-state index contributed by atoms with van der Waals surface area (Å²) in [6.45, 7) is 6.43. The molecule has 5 nitrogen and oxygen atoms in total. The highest BCUT2D eigenvalue weighted by Gasteiger charge is 2.12. The van der Waals surface area contributed by atoms with E-state index in [2.05, 4.69) is 48.5 Å². The summed E-state index contributed by atoms with van der Waals surface area (Å²) in [5.74, 6) is -0.507. The predicted molar refractivity (Wildman–Crippen MR) is 119 cm³/mol. The summed E-state index contributed by atoms with van der Waals surface area (Å²) in [6.07, 6.45) is 0.147. The zero-order valence-electron chi connectivity index (χ0n) is 16.5. The van der Waals surface area contributed by atoms with Crippen LogP contribution in [0.25, 0.3) is 11.3 Å². The number of aromatic nitrogens is 1. The van der Waals surface area contributed by atoms with Gasteiger partial charge in [0.15, 0.2) is 5.13 Å². The van der Waals surface area contributed by atoms with E-state index >= 15 is 0 Å². The van der Waals surface area contributed by atoms with E-state index < -0.39 is 0 Å². The highest BCUT2D eigenvalue weighted by molar-refractivity contribution is 7.14. The zero-order chi connectivity index (χ0) is 21.0. The van der Waals surface area contributed by atoms with E-state index in [0.29, 0.717) is 15.7 Å². The highest BCUT2D eigenvalue weighted by atomic mass is 35.5. The summed E-state index contributed by atoms with van der Waals surface area (Å²) in [7, 11) is 0. The van der Waals surface area contributed by atoms with Crippen LogP contribution in [-0.4, -0.2) is 23.3 Å². The monoisotopic (exact) mass is 427 g/mol. The molecule has 0 atom stereocenters. The van der Waals surface area contributed by atoms with Crippen molar-refractivity contribution in [2.45, 2.75) is 27.2 Å². The molecule has 0 aliphatic heterocycles. The number of nitrogens with one attached hydrogen (secondary N) is 2. The molecule has 1 heterocycles. The van der Waals surface area contributed by atoms with E-state index in [-0.39, 0.29) is 24.8 Å². The minimum atomic E-state index is -0.301. The SMILES string of the molecule is Cc1cc(C)c(-c2csc(NC(=O)CCNC(=O)c3ccccc3Cl)n2)cc1C. The maximum absolute atomic E-state index is 12.2. The molecule has 0 radical (unpaired) electrons. The molecule has 0 bridgehead atoms. The number of hydrogen-bond donors (Lipinski definition) is 2. The highest BCUT2D eigenvalue weighted by Crippen LogP contribution is 2.29. The third kappa shape index (κ3) is 5.22. The quantitative estimate of drug-likeness (QED) is 0.571. The Morgan fingerprint density at radius 3 is 2.55 bits per heavy atom. The minimum Gasteiger partial charge on any atom is -0.351 e. The van der Waals surface area contributed by atoms with Crippen LogP contribution in [0.3, 0.4) is 0 Å². The van der Waals surface area contributed by atoms with Gasteiger partial charge in [-0.15, -0.1) is 11.3 Å². The molecule has 1 aromatic heterocycles. The van der Waals surface area contributed by atoms with E-state index in [9.17, 15) is 9.59 Å². The first kappa shape index (κ1) is 21.0. The molecule has 150 valence electrons. The summed E-state index contributed by atoms with van der Waals surface area (Å²) in [6, 6.07) is 11.1. The number of carbonyl (C=O) groups excluding carboxylic acids is 2. The number of anilines is 1. The Labute approximate surface area is 179 Å². The van der Waals surface area contributed by atoms with Gasteiger partial charge in [-0.05, 0) is 55.7 Å². The molecule has 0 spiro atoms. The summed E-state index contributed by atoms with van der Waals surface area (Å²) >= 11 is 7.39. The van der Waals surface area contributed by atoms with Gasteiger partial charge in [0, 0.05) is 23.9 Å². The second-order valence-corrected chi connectivity index (χ2v) is 8.09. The lowest BCUT2D eigenvalue weighted by Gasteiger charge is -2.08. The summed E-state index contributed by atoms with van der Waals surface area (Å²) in [5, 5.41) is 8.36. The molecule has 0 fully saturated rings. The third-order valence-electron chi connectivity index (χ3n) is 4.62. The van der Waals surface area contributed by atoms with Crippen LogP contribution in [0.15, 0.2) is 41.8 Å². The fourth-order valence-corrected chi connectivity index (χ4v) is 3.85. The van der Waals surface area contributed by atoms with Gasteiger partial charge in [-0.2, -0.15) is 0 Å². The predicted octanol–water partition coefficient (Wildman–Crippen LogP) is 5.15. The molecule has 0 aliphatic carbocycles. The van der Waals surface area contributed by atoms with Crippen molar-refractivity contribution >= 4 is 39.9 Å². The van der Waals surface area contributed by atoms with Gasteiger partial charge in [0.2, 0.25) is 5.91 Å². The fourth-order valence-electron chi connectivity index (χ4n) is 2.90. The van der Waals surface area contributed by atoms with E-state index in [0.717, 1.165) is 16.8 Å². The van der Waals surface area contributed by atoms with E-state index in [1.807, 2.05) is 5.38 Å². The number of aryl methyl sites for hydroxylation is 3. The molecule has 2 amide bonds. The number of hydrogen-bond acceptors (Lipinski definition) is 4. The summed E-state index contributed by atoms with van der Waals surface area (Å²) in [4.78, 5) is 28.8. The first-order valence-electron chi connectivity index (χ1n) is 9.21. The lowest BCUT2D eigenvalue weighted by molar-refractivity contribution is -0.116. The number of nitrogens with zero attached hydrogens (tertiary/aromatic N) is 1. The molecule has 29 heavy (non-hydrogen) atoms. The normalized spacial score (nSPS) is 10.6. The van der Waals surface area contributed by atoms with Gasteiger partial charge < -0.3 is 10.6 Å². The Bertz CT molecular complexity index is 1060. The van der Waals surface area contributed by atoms with Gasteiger partial charge in [0.25, 0.3) is 5.91 Å². The lowest BCUT2D eigenvalue weighted by Crippen LogP contribution is -2.27. The van der Waals surface area contributed by atoms with Crippen molar-refractivity contribution in [2.75, 3.05) is 11.9 Å². The van der Waals surface area contributed by atoms with Crippen molar-refractivity contribution in [3.05, 3.63) is 69.1 Å². The number of amides is 2. The molecular weight excluding hydrogens is 406 g/mol. The average Bonchev–Trinajstić information content (AvgIpc) is 3.13. The molecular formula is C22H22ClN3O2S. The molecule has 0 saturated carbocycles. The maximum atomic E-state index is 12.2. The van der Waals surface area contributed by atoms with Crippen molar-refractivity contribution in [2.24, 2.45) is 0 Å². The summed E-state index contributed by atoms with van der Waals surface area (Å²) < 4.78 is 0. The largest absolute Gasteiger partial charge is 0.351 e. The fraction of sp³-hybridized carbons (Fsp3) is 0.227. The Balaban J connectivity index is 1.55. The average molecular weight is 428 g/mol. The van der Waals surface area contributed by atoms with Crippen molar-refractivity contribution in [3.8, 4) is 11.3 Å². The maximum Gasteiger partial charge on any atom is 0.252 e. The Hall–Kier alpha value is -2.70.